The summed E-state index contributed by atoms with van der Waals surface area (Å²) in [7, 11) is 0. The smallest absolute Gasteiger partial charge is 0.325 e. The number of aromatic nitrogens is 2. The first kappa shape index (κ1) is 14.3. The Labute approximate surface area is 131 Å². The van der Waals surface area contributed by atoms with Crippen molar-refractivity contribution in [2.45, 2.75) is 25.8 Å². The zero-order valence-electron chi connectivity index (χ0n) is 11.8. The van der Waals surface area contributed by atoms with Gasteiger partial charge in [-0.05, 0) is 47.8 Å². The summed E-state index contributed by atoms with van der Waals surface area (Å²) in [6.45, 7) is 2.48. The van der Waals surface area contributed by atoms with Crippen LogP contribution in [-0.4, -0.2) is 35.1 Å². The van der Waals surface area contributed by atoms with Crippen molar-refractivity contribution in [3.8, 4) is 0 Å². The Bertz CT molecular complexity index is 673. The number of pyridine rings is 2. The molecule has 0 amide bonds. The van der Waals surface area contributed by atoms with Crippen LogP contribution in [0.1, 0.15) is 19.8 Å². The average Bonchev–Trinajstić information content (AvgIpc) is 3.29. The molecule has 0 bridgehead atoms. The second-order valence-corrected chi connectivity index (χ2v) is 5.93. The van der Waals surface area contributed by atoms with Gasteiger partial charge in [-0.15, -0.1) is 0 Å². The predicted octanol–water partition coefficient (Wildman–Crippen LogP) is 2.92. The molecule has 0 saturated heterocycles. The maximum atomic E-state index is 11.8. The van der Waals surface area contributed by atoms with E-state index in [4.69, 9.17) is 4.74 Å². The Morgan fingerprint density at radius 2 is 2.29 bits per heavy atom. The molecule has 2 aromatic heterocycles. The van der Waals surface area contributed by atoms with Crippen molar-refractivity contribution in [2.24, 2.45) is 0 Å². The van der Waals surface area contributed by atoms with E-state index in [0.717, 1.165) is 34.0 Å². The zero-order valence-corrected chi connectivity index (χ0v) is 13.3. The molecule has 5 nitrogen and oxygen atoms in total. The van der Waals surface area contributed by atoms with E-state index in [9.17, 15) is 4.79 Å². The molecule has 0 radical (unpaired) electrons. The largest absolute Gasteiger partial charge is 0.465 e. The Kier molecular flexibility index (Phi) is 4.05. The molecule has 2 aromatic rings. The fraction of sp³-hybridized carbons (Fsp3) is 0.400. The van der Waals surface area contributed by atoms with E-state index in [0.29, 0.717) is 12.6 Å². The van der Waals surface area contributed by atoms with E-state index in [-0.39, 0.29) is 12.5 Å². The van der Waals surface area contributed by atoms with Crippen LogP contribution < -0.4 is 4.90 Å². The van der Waals surface area contributed by atoms with Gasteiger partial charge in [-0.1, -0.05) is 0 Å². The van der Waals surface area contributed by atoms with E-state index in [1.54, 1.807) is 12.4 Å². The highest BCUT2D eigenvalue weighted by Crippen LogP contribution is 2.34. The minimum atomic E-state index is -0.202. The number of esters is 1. The highest BCUT2D eigenvalue weighted by atomic mass is 79.9. The molecule has 1 fully saturated rings. The summed E-state index contributed by atoms with van der Waals surface area (Å²) in [6, 6.07) is 4.24. The van der Waals surface area contributed by atoms with Crippen molar-refractivity contribution in [2.75, 3.05) is 18.1 Å². The number of fused-ring (bicyclic) bond motifs is 1. The lowest BCUT2D eigenvalue weighted by atomic mass is 10.2. The van der Waals surface area contributed by atoms with Gasteiger partial charge in [0.15, 0.2) is 0 Å². The lowest BCUT2D eigenvalue weighted by Gasteiger charge is -2.24. The van der Waals surface area contributed by atoms with Crippen LogP contribution in [0, 0.1) is 0 Å². The van der Waals surface area contributed by atoms with Gasteiger partial charge in [-0.2, -0.15) is 0 Å². The SMILES string of the molecule is CCOC(=O)CN(c1ccnc2cc(Br)cnc12)C1CC1. The zero-order chi connectivity index (χ0) is 14.8. The molecule has 0 aromatic carbocycles. The third-order valence-corrected chi connectivity index (χ3v) is 3.86. The number of carbonyl (C=O) groups is 1. The Morgan fingerprint density at radius 1 is 1.48 bits per heavy atom. The maximum Gasteiger partial charge on any atom is 0.325 e. The minimum Gasteiger partial charge on any atom is -0.465 e. The normalized spacial score (nSPS) is 14.2. The van der Waals surface area contributed by atoms with Gasteiger partial charge >= 0.3 is 5.97 Å². The summed E-state index contributed by atoms with van der Waals surface area (Å²) in [5.41, 5.74) is 2.58. The molecule has 2 heterocycles. The number of nitrogens with zero attached hydrogens (tertiary/aromatic N) is 3. The number of ether oxygens (including phenoxy) is 1. The summed E-state index contributed by atoms with van der Waals surface area (Å²) in [5, 5.41) is 0. The molecule has 0 atom stereocenters. The Hall–Kier alpha value is -1.69. The van der Waals surface area contributed by atoms with Crippen molar-refractivity contribution >= 4 is 38.6 Å². The highest BCUT2D eigenvalue weighted by Gasteiger charge is 2.32. The lowest BCUT2D eigenvalue weighted by molar-refractivity contribution is -0.141. The molecular weight excluding hydrogens is 334 g/mol. The van der Waals surface area contributed by atoms with Gasteiger partial charge in [0.1, 0.15) is 12.1 Å². The molecular formula is C15H16BrN3O2. The molecule has 6 heteroatoms. The lowest BCUT2D eigenvalue weighted by Crippen LogP contribution is -2.33. The van der Waals surface area contributed by atoms with Crippen LogP contribution in [0.3, 0.4) is 0 Å². The van der Waals surface area contributed by atoms with E-state index in [1.807, 2.05) is 19.1 Å². The summed E-state index contributed by atoms with van der Waals surface area (Å²) in [6.07, 6.45) is 5.70. The number of rotatable bonds is 5. The third kappa shape index (κ3) is 3.15. The first-order valence-corrected chi connectivity index (χ1v) is 7.81. The molecule has 1 aliphatic rings. The number of hydrogen-bond acceptors (Lipinski definition) is 5. The maximum absolute atomic E-state index is 11.8. The molecule has 3 rings (SSSR count). The van der Waals surface area contributed by atoms with E-state index >= 15 is 0 Å². The number of halogens is 1. The van der Waals surface area contributed by atoms with Gasteiger partial charge in [0.2, 0.25) is 0 Å². The van der Waals surface area contributed by atoms with Crippen molar-refractivity contribution in [1.82, 2.24) is 9.97 Å². The highest BCUT2D eigenvalue weighted by molar-refractivity contribution is 9.10. The van der Waals surface area contributed by atoms with Gasteiger partial charge in [-0.3, -0.25) is 14.8 Å². The van der Waals surface area contributed by atoms with Crippen molar-refractivity contribution < 1.29 is 9.53 Å². The van der Waals surface area contributed by atoms with Crippen LogP contribution in [-0.2, 0) is 9.53 Å². The number of carbonyl (C=O) groups excluding carboxylic acids is 1. The molecule has 1 aliphatic carbocycles. The van der Waals surface area contributed by atoms with Crippen LogP contribution in [0.15, 0.2) is 29.0 Å². The summed E-state index contributed by atoms with van der Waals surface area (Å²) < 4.78 is 5.97. The Morgan fingerprint density at radius 3 is 3.00 bits per heavy atom. The topological polar surface area (TPSA) is 55.3 Å². The number of anilines is 1. The van der Waals surface area contributed by atoms with E-state index in [2.05, 4.69) is 30.8 Å². The van der Waals surface area contributed by atoms with Gasteiger partial charge in [0.05, 0.1) is 17.8 Å². The van der Waals surface area contributed by atoms with Crippen LogP contribution in [0.2, 0.25) is 0 Å². The standard InChI is InChI=1S/C15H16BrN3O2/c1-2-21-14(20)9-19(11-3-4-11)13-5-6-17-12-7-10(16)8-18-15(12)13/h5-8,11H,2-4,9H2,1H3. The molecule has 0 spiro atoms. The summed E-state index contributed by atoms with van der Waals surface area (Å²) in [5.74, 6) is -0.202. The minimum absolute atomic E-state index is 0.202. The van der Waals surface area contributed by atoms with Crippen LogP contribution >= 0.6 is 15.9 Å². The second-order valence-electron chi connectivity index (χ2n) is 5.02. The average molecular weight is 350 g/mol. The fourth-order valence-corrected chi connectivity index (χ4v) is 2.69. The van der Waals surface area contributed by atoms with Crippen LogP contribution in [0.25, 0.3) is 11.0 Å². The monoisotopic (exact) mass is 349 g/mol. The third-order valence-electron chi connectivity index (χ3n) is 3.42. The fourth-order valence-electron chi connectivity index (χ4n) is 2.37. The second kappa shape index (κ2) is 5.97. The molecule has 0 N–H and O–H groups in total. The van der Waals surface area contributed by atoms with Gasteiger partial charge < -0.3 is 9.64 Å². The first-order chi connectivity index (χ1) is 10.2. The quantitative estimate of drug-likeness (QED) is 0.776. The first-order valence-electron chi connectivity index (χ1n) is 7.01. The predicted molar refractivity (Wildman–Crippen MR) is 84.2 cm³/mol. The summed E-state index contributed by atoms with van der Waals surface area (Å²) >= 11 is 3.41. The molecule has 0 aliphatic heterocycles. The van der Waals surface area contributed by atoms with Crippen molar-refractivity contribution in [3.63, 3.8) is 0 Å². The van der Waals surface area contributed by atoms with Crippen LogP contribution in [0.5, 0.6) is 0 Å². The van der Waals surface area contributed by atoms with Crippen molar-refractivity contribution in [1.29, 1.82) is 0 Å². The molecule has 110 valence electrons. The Balaban J connectivity index is 1.97. The number of hydrogen-bond donors (Lipinski definition) is 0. The van der Waals surface area contributed by atoms with Crippen LogP contribution in [0.4, 0.5) is 5.69 Å². The van der Waals surface area contributed by atoms with Crippen molar-refractivity contribution in [3.05, 3.63) is 29.0 Å². The van der Waals surface area contributed by atoms with E-state index < -0.39 is 0 Å². The summed E-state index contributed by atoms with van der Waals surface area (Å²) in [4.78, 5) is 22.7. The molecule has 1 saturated carbocycles. The van der Waals surface area contributed by atoms with E-state index in [1.165, 1.54) is 0 Å². The van der Waals surface area contributed by atoms with Gasteiger partial charge in [0.25, 0.3) is 0 Å². The molecule has 21 heavy (non-hydrogen) atoms. The molecule has 0 unspecified atom stereocenters. The van der Waals surface area contributed by atoms with Gasteiger partial charge in [-0.25, -0.2) is 0 Å². The van der Waals surface area contributed by atoms with Gasteiger partial charge in [0, 0.05) is 22.9 Å².